The minimum Gasteiger partial charge on any atom is -0.444 e. The van der Waals surface area contributed by atoms with Crippen LogP contribution in [0.2, 0.25) is 0 Å². The number of aryl methyl sites for hydroxylation is 2. The molecule has 1 saturated heterocycles. The van der Waals surface area contributed by atoms with E-state index in [2.05, 4.69) is 5.16 Å². The number of hydrogen-bond acceptors (Lipinski definition) is 6. The van der Waals surface area contributed by atoms with Crippen LogP contribution in [0.1, 0.15) is 33.5 Å². The average Bonchev–Trinajstić information content (AvgIpc) is 2.99. The zero-order chi connectivity index (χ0) is 17.8. The lowest BCUT2D eigenvalue weighted by atomic mass is 10.1. The van der Waals surface area contributed by atoms with Crippen molar-refractivity contribution >= 4 is 11.9 Å². The highest BCUT2D eigenvalue weighted by atomic mass is 16.6. The largest absolute Gasteiger partial charge is 0.444 e. The summed E-state index contributed by atoms with van der Waals surface area (Å²) in [6.07, 6.45) is -1.01. The molecule has 1 fully saturated rings. The Morgan fingerprint density at radius 3 is 2.44 bits per heavy atom. The molecule has 1 amide bonds. The smallest absolute Gasteiger partial charge is 0.344 e. The van der Waals surface area contributed by atoms with Gasteiger partial charge in [-0.2, -0.15) is 0 Å². The van der Waals surface area contributed by atoms with E-state index >= 15 is 0 Å². The van der Waals surface area contributed by atoms with E-state index in [-0.39, 0.29) is 11.5 Å². The Labute approximate surface area is 145 Å². The van der Waals surface area contributed by atoms with Gasteiger partial charge < -0.3 is 18.9 Å². The summed E-state index contributed by atoms with van der Waals surface area (Å²) in [7, 11) is 0. The highest BCUT2D eigenvalue weighted by Gasteiger charge is 2.32. The molecule has 2 aromatic rings. The maximum absolute atomic E-state index is 12.9. The number of morpholine rings is 1. The normalized spacial score (nSPS) is 15.7. The van der Waals surface area contributed by atoms with Gasteiger partial charge in [0.25, 0.3) is 5.91 Å². The van der Waals surface area contributed by atoms with Crippen molar-refractivity contribution in [2.75, 3.05) is 26.3 Å². The van der Waals surface area contributed by atoms with Crippen molar-refractivity contribution in [1.82, 2.24) is 10.1 Å². The van der Waals surface area contributed by atoms with E-state index in [0.717, 1.165) is 0 Å². The topological polar surface area (TPSA) is 81.9 Å². The van der Waals surface area contributed by atoms with Gasteiger partial charge in [-0.25, -0.2) is 4.79 Å². The van der Waals surface area contributed by atoms with Crippen molar-refractivity contribution in [3.05, 3.63) is 52.9 Å². The number of ether oxygens (including phenoxy) is 2. The molecule has 1 aromatic carbocycles. The number of carbonyl (C=O) groups excluding carboxylic acids is 2. The lowest BCUT2D eigenvalue weighted by molar-refractivity contribution is -0.145. The van der Waals surface area contributed by atoms with Crippen molar-refractivity contribution in [3.63, 3.8) is 0 Å². The number of nitrogens with zero attached hydrogens (tertiary/aromatic N) is 2. The summed E-state index contributed by atoms with van der Waals surface area (Å²) in [5.41, 5.74) is 1.32. The lowest BCUT2D eigenvalue weighted by Gasteiger charge is -2.30. The molecular formula is C18H20N2O5. The summed E-state index contributed by atoms with van der Waals surface area (Å²) in [5, 5.41) is 3.76. The predicted molar refractivity (Wildman–Crippen MR) is 88.0 cm³/mol. The van der Waals surface area contributed by atoms with Crippen LogP contribution in [0, 0.1) is 13.8 Å². The van der Waals surface area contributed by atoms with Gasteiger partial charge in [0.2, 0.25) is 6.10 Å². The summed E-state index contributed by atoms with van der Waals surface area (Å²) >= 11 is 0. The zero-order valence-corrected chi connectivity index (χ0v) is 14.2. The van der Waals surface area contributed by atoms with E-state index in [1.165, 1.54) is 0 Å². The van der Waals surface area contributed by atoms with Gasteiger partial charge in [-0.05, 0) is 13.8 Å². The number of carbonyl (C=O) groups is 2. The number of benzene rings is 1. The van der Waals surface area contributed by atoms with E-state index in [9.17, 15) is 9.59 Å². The lowest BCUT2D eigenvalue weighted by Crippen LogP contribution is -2.44. The van der Waals surface area contributed by atoms with Crippen molar-refractivity contribution in [1.29, 1.82) is 0 Å². The summed E-state index contributed by atoms with van der Waals surface area (Å²) < 4.78 is 15.9. The van der Waals surface area contributed by atoms with Crippen LogP contribution in [0.4, 0.5) is 0 Å². The molecule has 25 heavy (non-hydrogen) atoms. The Morgan fingerprint density at radius 2 is 1.84 bits per heavy atom. The highest BCUT2D eigenvalue weighted by Crippen LogP contribution is 2.24. The molecule has 0 bridgehead atoms. The first-order valence-electron chi connectivity index (χ1n) is 8.13. The van der Waals surface area contributed by atoms with Crippen LogP contribution >= 0.6 is 0 Å². The van der Waals surface area contributed by atoms with Crippen LogP contribution in [0.15, 0.2) is 34.9 Å². The summed E-state index contributed by atoms with van der Waals surface area (Å²) in [4.78, 5) is 27.2. The fraction of sp³-hybridized carbons (Fsp3) is 0.389. The summed E-state index contributed by atoms with van der Waals surface area (Å²) in [5.74, 6) is -0.505. The molecule has 0 aliphatic carbocycles. The average molecular weight is 344 g/mol. The van der Waals surface area contributed by atoms with Crippen LogP contribution in [0.3, 0.4) is 0 Å². The first kappa shape index (κ1) is 17.2. The highest BCUT2D eigenvalue weighted by molar-refractivity contribution is 5.94. The Bertz CT molecular complexity index is 731. The minimum absolute atomic E-state index is 0.255. The minimum atomic E-state index is -1.01. The third-order valence-electron chi connectivity index (χ3n) is 4.11. The SMILES string of the molecule is Cc1noc(C)c1C(=O)OC(C(=O)N1CCOCC1)c1ccccc1. The van der Waals surface area contributed by atoms with Gasteiger partial charge in [-0.3, -0.25) is 4.79 Å². The van der Waals surface area contributed by atoms with Crippen molar-refractivity contribution in [3.8, 4) is 0 Å². The predicted octanol–water partition coefficient (Wildman–Crippen LogP) is 2.05. The quantitative estimate of drug-likeness (QED) is 0.790. The second kappa shape index (κ2) is 7.48. The van der Waals surface area contributed by atoms with Gasteiger partial charge in [0.15, 0.2) is 0 Å². The molecule has 1 atom stereocenters. The molecular weight excluding hydrogens is 324 g/mol. The molecule has 1 unspecified atom stereocenters. The van der Waals surface area contributed by atoms with Gasteiger partial charge in [0, 0.05) is 18.7 Å². The molecule has 132 valence electrons. The number of rotatable bonds is 4. The number of amides is 1. The molecule has 0 radical (unpaired) electrons. The summed E-state index contributed by atoms with van der Waals surface area (Å²) in [6.45, 7) is 5.21. The molecule has 1 aromatic heterocycles. The third kappa shape index (κ3) is 3.71. The van der Waals surface area contributed by atoms with Gasteiger partial charge >= 0.3 is 5.97 Å². The summed E-state index contributed by atoms with van der Waals surface area (Å²) in [6, 6.07) is 8.99. The number of aromatic nitrogens is 1. The number of hydrogen-bond donors (Lipinski definition) is 0. The van der Waals surface area contributed by atoms with Crippen LogP contribution in [0.5, 0.6) is 0 Å². The molecule has 0 saturated carbocycles. The molecule has 3 rings (SSSR count). The maximum Gasteiger partial charge on any atom is 0.344 e. The van der Waals surface area contributed by atoms with E-state index in [0.29, 0.717) is 43.3 Å². The van der Waals surface area contributed by atoms with E-state index < -0.39 is 12.1 Å². The van der Waals surface area contributed by atoms with Gasteiger partial charge in [-0.1, -0.05) is 35.5 Å². The van der Waals surface area contributed by atoms with Gasteiger partial charge in [-0.15, -0.1) is 0 Å². The molecule has 2 heterocycles. The second-order valence-corrected chi connectivity index (χ2v) is 5.83. The third-order valence-corrected chi connectivity index (χ3v) is 4.11. The zero-order valence-electron chi connectivity index (χ0n) is 14.2. The Morgan fingerprint density at radius 1 is 1.16 bits per heavy atom. The molecule has 7 heteroatoms. The van der Waals surface area contributed by atoms with Crippen LogP contribution in [0.25, 0.3) is 0 Å². The van der Waals surface area contributed by atoms with Crippen molar-refractivity contribution < 1.29 is 23.6 Å². The first-order chi connectivity index (χ1) is 12.1. The molecule has 1 aliphatic heterocycles. The van der Waals surface area contributed by atoms with Crippen LogP contribution in [-0.4, -0.2) is 48.2 Å². The van der Waals surface area contributed by atoms with E-state index in [1.807, 2.05) is 6.07 Å². The monoisotopic (exact) mass is 344 g/mol. The maximum atomic E-state index is 12.9. The van der Waals surface area contributed by atoms with Crippen LogP contribution in [-0.2, 0) is 14.3 Å². The van der Waals surface area contributed by atoms with Crippen molar-refractivity contribution in [2.45, 2.75) is 20.0 Å². The first-order valence-corrected chi connectivity index (χ1v) is 8.13. The van der Waals surface area contributed by atoms with Gasteiger partial charge in [0.05, 0.1) is 18.9 Å². The molecule has 7 nitrogen and oxygen atoms in total. The Kier molecular flexibility index (Phi) is 5.14. The Balaban J connectivity index is 1.86. The van der Waals surface area contributed by atoms with E-state index in [1.54, 1.807) is 43.0 Å². The molecule has 1 aliphatic rings. The Hall–Kier alpha value is -2.67. The van der Waals surface area contributed by atoms with E-state index in [4.69, 9.17) is 14.0 Å². The second-order valence-electron chi connectivity index (χ2n) is 5.83. The fourth-order valence-electron chi connectivity index (χ4n) is 2.78. The van der Waals surface area contributed by atoms with Crippen molar-refractivity contribution in [2.24, 2.45) is 0 Å². The molecule has 0 N–H and O–H groups in total. The fourth-order valence-corrected chi connectivity index (χ4v) is 2.78. The molecule has 0 spiro atoms. The standard InChI is InChI=1S/C18H20N2O5/c1-12-15(13(2)25-19-12)18(22)24-16(14-6-4-3-5-7-14)17(21)20-8-10-23-11-9-20/h3-7,16H,8-11H2,1-2H3. The van der Waals surface area contributed by atoms with Crippen LogP contribution < -0.4 is 0 Å². The number of esters is 1. The van der Waals surface area contributed by atoms with Gasteiger partial charge in [0.1, 0.15) is 11.3 Å².